The fourth-order valence-electron chi connectivity index (χ4n) is 1.83. The van der Waals surface area contributed by atoms with Crippen molar-refractivity contribution in [1.29, 1.82) is 0 Å². The van der Waals surface area contributed by atoms with Gasteiger partial charge < -0.3 is 14.6 Å². The largest absolute Gasteiger partial charge is 0.385 e. The number of hydrogen-bond donors (Lipinski definition) is 1. The van der Waals surface area contributed by atoms with Gasteiger partial charge in [-0.2, -0.15) is 0 Å². The van der Waals surface area contributed by atoms with Gasteiger partial charge in [-0.3, -0.25) is 0 Å². The van der Waals surface area contributed by atoms with Crippen LogP contribution in [-0.4, -0.2) is 25.6 Å². The van der Waals surface area contributed by atoms with Crippen molar-refractivity contribution in [2.24, 2.45) is 0 Å². The van der Waals surface area contributed by atoms with Crippen LogP contribution in [0.25, 0.3) is 0 Å². The Morgan fingerprint density at radius 1 is 1.29 bits per heavy atom. The van der Waals surface area contributed by atoms with Crippen LogP contribution in [-0.2, 0) is 21.5 Å². The summed E-state index contributed by atoms with van der Waals surface area (Å²) >= 11 is 0. The maximum absolute atomic E-state index is 10.5. The van der Waals surface area contributed by atoms with E-state index >= 15 is 0 Å². The zero-order valence-electron chi connectivity index (χ0n) is 11.1. The number of aryl methyl sites for hydroxylation is 1. The Bertz CT molecular complexity index is 343. The molecular formula is C14H22O3. The van der Waals surface area contributed by atoms with Crippen molar-refractivity contribution < 1.29 is 14.6 Å². The lowest BCUT2D eigenvalue weighted by Crippen LogP contribution is -2.29. The molecule has 3 heteroatoms. The van der Waals surface area contributed by atoms with Gasteiger partial charge in [-0.15, -0.1) is 0 Å². The first kappa shape index (κ1) is 14.2. The highest BCUT2D eigenvalue weighted by molar-refractivity contribution is 5.27. The zero-order chi connectivity index (χ0) is 12.9. The average Bonchev–Trinajstić information content (AvgIpc) is 2.36. The second-order valence-corrected chi connectivity index (χ2v) is 4.43. The Morgan fingerprint density at radius 2 is 1.94 bits per heavy atom. The van der Waals surface area contributed by atoms with Crippen molar-refractivity contribution in [3.05, 3.63) is 35.4 Å². The lowest BCUT2D eigenvalue weighted by molar-refractivity contribution is -0.142. The molecule has 0 amide bonds. The number of hydrogen-bond acceptors (Lipinski definition) is 3. The van der Waals surface area contributed by atoms with Crippen LogP contribution in [0, 0.1) is 0 Å². The lowest BCUT2D eigenvalue weighted by atomic mass is 9.90. The minimum atomic E-state index is -0.943. The predicted octanol–water partition coefficient (Wildman–Crippen LogP) is 2.47. The molecule has 1 rings (SSSR count). The van der Waals surface area contributed by atoms with Gasteiger partial charge in [0.15, 0.2) is 6.29 Å². The van der Waals surface area contributed by atoms with Crippen molar-refractivity contribution in [3.8, 4) is 0 Å². The van der Waals surface area contributed by atoms with E-state index in [1.165, 1.54) is 5.56 Å². The van der Waals surface area contributed by atoms with Crippen molar-refractivity contribution in [1.82, 2.24) is 0 Å². The zero-order valence-corrected chi connectivity index (χ0v) is 11.1. The summed E-state index contributed by atoms with van der Waals surface area (Å²) in [6.45, 7) is 3.88. The summed E-state index contributed by atoms with van der Waals surface area (Å²) in [5.74, 6) is 0. The summed E-state index contributed by atoms with van der Waals surface area (Å²) in [5, 5.41) is 10.5. The summed E-state index contributed by atoms with van der Waals surface area (Å²) < 4.78 is 10.3. The monoisotopic (exact) mass is 238 g/mol. The fraction of sp³-hybridized carbons (Fsp3) is 0.571. The first-order chi connectivity index (χ1) is 8.03. The molecule has 1 aromatic carbocycles. The number of methoxy groups -OCH3 is 2. The van der Waals surface area contributed by atoms with Gasteiger partial charge in [-0.25, -0.2) is 0 Å². The molecule has 1 aromatic rings. The summed E-state index contributed by atoms with van der Waals surface area (Å²) in [6, 6.07) is 7.99. The molecule has 0 saturated heterocycles. The van der Waals surface area contributed by atoms with E-state index in [1.807, 2.05) is 18.2 Å². The average molecular weight is 238 g/mol. The van der Waals surface area contributed by atoms with Gasteiger partial charge in [-0.1, -0.05) is 31.2 Å². The molecule has 3 nitrogen and oxygen atoms in total. The van der Waals surface area contributed by atoms with Crippen LogP contribution in [0.3, 0.4) is 0 Å². The smallest absolute Gasteiger partial charge is 0.159 e. The van der Waals surface area contributed by atoms with Crippen LogP contribution in [0.4, 0.5) is 0 Å². The molecule has 96 valence electrons. The van der Waals surface area contributed by atoms with Gasteiger partial charge in [-0.05, 0) is 24.5 Å². The first-order valence-corrected chi connectivity index (χ1v) is 5.91. The molecule has 1 N–H and O–H groups in total. The molecule has 0 aliphatic rings. The van der Waals surface area contributed by atoms with Crippen LogP contribution >= 0.6 is 0 Å². The predicted molar refractivity (Wildman–Crippen MR) is 67.8 cm³/mol. The van der Waals surface area contributed by atoms with Crippen LogP contribution in [0.1, 0.15) is 31.4 Å². The highest BCUT2D eigenvalue weighted by Gasteiger charge is 2.27. The maximum atomic E-state index is 10.5. The SMILES string of the molecule is CCc1cccc(C(C)(O)CC(OC)OC)c1. The molecule has 0 spiro atoms. The molecule has 0 saturated carbocycles. The lowest BCUT2D eigenvalue weighted by Gasteiger charge is -2.28. The van der Waals surface area contributed by atoms with E-state index in [9.17, 15) is 5.11 Å². The molecule has 0 fully saturated rings. The van der Waals surface area contributed by atoms with Gasteiger partial charge in [0.1, 0.15) is 0 Å². The normalized spacial score (nSPS) is 14.9. The minimum Gasteiger partial charge on any atom is -0.385 e. The summed E-state index contributed by atoms with van der Waals surface area (Å²) in [7, 11) is 3.15. The third-order valence-corrected chi connectivity index (χ3v) is 3.05. The number of aliphatic hydroxyl groups is 1. The molecule has 0 aromatic heterocycles. The van der Waals surface area contributed by atoms with Crippen molar-refractivity contribution in [2.75, 3.05) is 14.2 Å². The van der Waals surface area contributed by atoms with Crippen molar-refractivity contribution >= 4 is 0 Å². The summed E-state index contributed by atoms with van der Waals surface area (Å²) in [5.41, 5.74) is 1.17. The molecule has 17 heavy (non-hydrogen) atoms. The van der Waals surface area contributed by atoms with Gasteiger partial charge >= 0.3 is 0 Å². The van der Waals surface area contributed by atoms with E-state index in [4.69, 9.17) is 9.47 Å². The van der Waals surface area contributed by atoms with E-state index in [-0.39, 0.29) is 0 Å². The van der Waals surface area contributed by atoms with Crippen LogP contribution in [0.5, 0.6) is 0 Å². The van der Waals surface area contributed by atoms with Crippen molar-refractivity contribution in [2.45, 2.75) is 38.6 Å². The van der Waals surface area contributed by atoms with Crippen LogP contribution in [0.2, 0.25) is 0 Å². The molecule has 0 aliphatic carbocycles. The van der Waals surface area contributed by atoms with E-state index in [1.54, 1.807) is 21.1 Å². The first-order valence-electron chi connectivity index (χ1n) is 5.91. The maximum Gasteiger partial charge on any atom is 0.159 e. The topological polar surface area (TPSA) is 38.7 Å². The quantitative estimate of drug-likeness (QED) is 0.774. The minimum absolute atomic E-state index is 0.393. The van der Waals surface area contributed by atoms with Crippen LogP contribution < -0.4 is 0 Å². The molecule has 1 atom stereocenters. The Balaban J connectivity index is 2.87. The van der Waals surface area contributed by atoms with Crippen LogP contribution in [0.15, 0.2) is 24.3 Å². The number of benzene rings is 1. The fourth-order valence-corrected chi connectivity index (χ4v) is 1.83. The third-order valence-electron chi connectivity index (χ3n) is 3.05. The molecule has 0 heterocycles. The number of rotatable bonds is 6. The Labute approximate surface area is 103 Å². The highest BCUT2D eigenvalue weighted by Crippen LogP contribution is 2.27. The van der Waals surface area contributed by atoms with E-state index in [2.05, 4.69) is 13.0 Å². The van der Waals surface area contributed by atoms with E-state index in [0.717, 1.165) is 12.0 Å². The Kier molecular flexibility index (Phi) is 5.12. The molecule has 0 radical (unpaired) electrons. The molecular weight excluding hydrogens is 216 g/mol. The van der Waals surface area contributed by atoms with Gasteiger partial charge in [0, 0.05) is 20.6 Å². The van der Waals surface area contributed by atoms with Gasteiger partial charge in [0.25, 0.3) is 0 Å². The Morgan fingerprint density at radius 3 is 2.47 bits per heavy atom. The van der Waals surface area contributed by atoms with E-state index in [0.29, 0.717) is 6.42 Å². The van der Waals surface area contributed by atoms with Gasteiger partial charge in [0.05, 0.1) is 5.60 Å². The standard InChI is InChI=1S/C14H22O3/c1-5-11-7-6-8-12(9-11)14(2,15)10-13(16-3)17-4/h6-9,13,15H,5,10H2,1-4H3. The molecule has 0 bridgehead atoms. The second-order valence-electron chi connectivity index (χ2n) is 4.43. The van der Waals surface area contributed by atoms with Gasteiger partial charge in [0.2, 0.25) is 0 Å². The Hall–Kier alpha value is -0.900. The van der Waals surface area contributed by atoms with E-state index < -0.39 is 11.9 Å². The summed E-state index contributed by atoms with van der Waals surface area (Å²) in [4.78, 5) is 0. The summed E-state index contributed by atoms with van der Waals surface area (Å²) in [6.07, 6.45) is 0.977. The second kappa shape index (κ2) is 6.15. The molecule has 0 aliphatic heterocycles. The highest BCUT2D eigenvalue weighted by atomic mass is 16.7. The number of ether oxygens (including phenoxy) is 2. The van der Waals surface area contributed by atoms with Crippen molar-refractivity contribution in [3.63, 3.8) is 0 Å². The third kappa shape index (κ3) is 3.80. The molecule has 1 unspecified atom stereocenters.